The minimum atomic E-state index is -0.124. The van der Waals surface area contributed by atoms with E-state index in [-0.39, 0.29) is 5.56 Å². The van der Waals surface area contributed by atoms with Crippen LogP contribution in [0.5, 0.6) is 0 Å². The number of nitrogens with two attached hydrogens (primary N) is 1. The van der Waals surface area contributed by atoms with Gasteiger partial charge in [0.15, 0.2) is 0 Å². The monoisotopic (exact) mass is 336 g/mol. The molecule has 0 saturated carbocycles. The SMILES string of the molecule is CCN(C)c1cnn(Cc2cc(N)cc(Br)c2)c(=O)c1. The maximum atomic E-state index is 12.1. The van der Waals surface area contributed by atoms with Gasteiger partial charge >= 0.3 is 0 Å². The standard InChI is InChI=1S/C14H17BrN4O/c1-3-18(2)13-7-14(20)19(17-8-13)9-10-4-11(15)6-12(16)5-10/h4-8H,3,9,16H2,1-2H3. The van der Waals surface area contributed by atoms with E-state index in [2.05, 4.69) is 21.0 Å². The summed E-state index contributed by atoms with van der Waals surface area (Å²) in [7, 11) is 1.93. The zero-order valence-electron chi connectivity index (χ0n) is 11.5. The van der Waals surface area contributed by atoms with Crippen molar-refractivity contribution < 1.29 is 0 Å². The van der Waals surface area contributed by atoms with Crippen LogP contribution in [0.25, 0.3) is 0 Å². The molecule has 0 saturated heterocycles. The molecule has 1 heterocycles. The molecule has 1 aromatic carbocycles. The molecule has 0 amide bonds. The summed E-state index contributed by atoms with van der Waals surface area (Å²) >= 11 is 3.39. The molecule has 0 spiro atoms. The summed E-state index contributed by atoms with van der Waals surface area (Å²) in [5.74, 6) is 0. The smallest absolute Gasteiger partial charge is 0.269 e. The van der Waals surface area contributed by atoms with Gasteiger partial charge in [-0.3, -0.25) is 4.79 Å². The number of nitrogen functional groups attached to an aromatic ring is 1. The maximum Gasteiger partial charge on any atom is 0.269 e. The summed E-state index contributed by atoms with van der Waals surface area (Å²) in [5.41, 5.74) is 8.08. The van der Waals surface area contributed by atoms with E-state index in [9.17, 15) is 4.79 Å². The predicted octanol–water partition coefficient (Wildman–Crippen LogP) is 2.09. The largest absolute Gasteiger partial charge is 0.399 e. The van der Waals surface area contributed by atoms with Crippen LogP contribution in [0.1, 0.15) is 12.5 Å². The number of benzene rings is 1. The van der Waals surface area contributed by atoms with Crippen molar-refractivity contribution in [1.82, 2.24) is 9.78 Å². The Balaban J connectivity index is 2.28. The molecule has 6 heteroatoms. The number of nitrogens with zero attached hydrogens (tertiary/aromatic N) is 3. The summed E-state index contributed by atoms with van der Waals surface area (Å²) in [4.78, 5) is 14.0. The van der Waals surface area contributed by atoms with Crippen molar-refractivity contribution in [3.8, 4) is 0 Å². The molecule has 0 aliphatic heterocycles. The second kappa shape index (κ2) is 6.09. The van der Waals surface area contributed by atoms with E-state index in [4.69, 9.17) is 5.73 Å². The van der Waals surface area contributed by atoms with E-state index >= 15 is 0 Å². The number of aromatic nitrogens is 2. The molecular weight excluding hydrogens is 320 g/mol. The van der Waals surface area contributed by atoms with Gasteiger partial charge < -0.3 is 10.6 Å². The Bertz CT molecular complexity index is 648. The fourth-order valence-corrected chi connectivity index (χ4v) is 2.43. The Morgan fingerprint density at radius 3 is 2.70 bits per heavy atom. The second-order valence-corrected chi connectivity index (χ2v) is 5.53. The van der Waals surface area contributed by atoms with Crippen molar-refractivity contribution >= 4 is 27.3 Å². The molecule has 0 aliphatic rings. The first-order valence-corrected chi connectivity index (χ1v) is 7.12. The lowest BCUT2D eigenvalue weighted by Crippen LogP contribution is -2.26. The fourth-order valence-electron chi connectivity index (χ4n) is 1.87. The summed E-state index contributed by atoms with van der Waals surface area (Å²) in [5, 5.41) is 4.21. The van der Waals surface area contributed by atoms with Gasteiger partial charge in [0.05, 0.1) is 18.4 Å². The third kappa shape index (κ3) is 3.39. The van der Waals surface area contributed by atoms with E-state index in [1.54, 1.807) is 12.3 Å². The second-order valence-electron chi connectivity index (χ2n) is 4.62. The average Bonchev–Trinajstić information content (AvgIpc) is 2.39. The lowest BCUT2D eigenvalue weighted by molar-refractivity contribution is 0.637. The van der Waals surface area contributed by atoms with Crippen LogP contribution in [0.4, 0.5) is 11.4 Å². The predicted molar refractivity (Wildman–Crippen MR) is 85.1 cm³/mol. The van der Waals surface area contributed by atoms with Gasteiger partial charge in [-0.25, -0.2) is 4.68 Å². The molecular formula is C14H17BrN4O. The number of anilines is 2. The molecule has 106 valence electrons. The van der Waals surface area contributed by atoms with Crippen molar-refractivity contribution in [2.45, 2.75) is 13.5 Å². The van der Waals surface area contributed by atoms with Crippen LogP contribution in [0.15, 0.2) is 39.7 Å². The summed E-state index contributed by atoms with van der Waals surface area (Å²) in [6, 6.07) is 7.18. The third-order valence-corrected chi connectivity index (χ3v) is 3.54. The van der Waals surface area contributed by atoms with Crippen LogP contribution in [0.2, 0.25) is 0 Å². The van der Waals surface area contributed by atoms with Gasteiger partial charge in [0, 0.05) is 29.8 Å². The zero-order chi connectivity index (χ0) is 14.7. The Labute approximate surface area is 126 Å². The van der Waals surface area contributed by atoms with Gasteiger partial charge in [-0.2, -0.15) is 5.10 Å². The maximum absolute atomic E-state index is 12.1. The highest BCUT2D eigenvalue weighted by Gasteiger charge is 2.05. The number of rotatable bonds is 4. The molecule has 0 radical (unpaired) electrons. The van der Waals surface area contributed by atoms with Crippen molar-refractivity contribution in [2.75, 3.05) is 24.2 Å². The highest BCUT2D eigenvalue weighted by molar-refractivity contribution is 9.10. The average molecular weight is 337 g/mol. The van der Waals surface area contributed by atoms with E-state index in [1.165, 1.54) is 4.68 Å². The third-order valence-electron chi connectivity index (χ3n) is 3.08. The molecule has 1 aromatic heterocycles. The summed E-state index contributed by atoms with van der Waals surface area (Å²) in [6.45, 7) is 3.25. The van der Waals surface area contributed by atoms with Gasteiger partial charge in [0.2, 0.25) is 0 Å². The van der Waals surface area contributed by atoms with E-state index in [0.29, 0.717) is 12.2 Å². The Morgan fingerprint density at radius 1 is 1.35 bits per heavy atom. The zero-order valence-corrected chi connectivity index (χ0v) is 13.1. The molecule has 2 rings (SSSR count). The van der Waals surface area contributed by atoms with Gasteiger partial charge in [-0.1, -0.05) is 15.9 Å². The minimum Gasteiger partial charge on any atom is -0.399 e. The Morgan fingerprint density at radius 2 is 2.10 bits per heavy atom. The first-order valence-electron chi connectivity index (χ1n) is 6.33. The molecule has 2 aromatic rings. The van der Waals surface area contributed by atoms with Crippen molar-refractivity contribution in [2.24, 2.45) is 0 Å². The highest BCUT2D eigenvalue weighted by Crippen LogP contribution is 2.17. The summed E-state index contributed by atoms with van der Waals surface area (Å²) < 4.78 is 2.32. The summed E-state index contributed by atoms with van der Waals surface area (Å²) in [6.07, 6.45) is 1.70. The van der Waals surface area contributed by atoms with Gasteiger partial charge in [-0.05, 0) is 30.7 Å². The first kappa shape index (κ1) is 14.6. The number of halogens is 1. The molecule has 5 nitrogen and oxygen atoms in total. The van der Waals surface area contributed by atoms with Crippen LogP contribution in [-0.2, 0) is 6.54 Å². The van der Waals surface area contributed by atoms with E-state index in [1.807, 2.05) is 37.1 Å². The van der Waals surface area contributed by atoms with Crippen LogP contribution < -0.4 is 16.2 Å². The van der Waals surface area contributed by atoms with Gasteiger partial charge in [-0.15, -0.1) is 0 Å². The van der Waals surface area contributed by atoms with E-state index in [0.717, 1.165) is 22.3 Å². The van der Waals surface area contributed by atoms with Crippen molar-refractivity contribution in [3.05, 3.63) is 50.9 Å². The topological polar surface area (TPSA) is 64.2 Å². The molecule has 0 aliphatic carbocycles. The highest BCUT2D eigenvalue weighted by atomic mass is 79.9. The van der Waals surface area contributed by atoms with Gasteiger partial charge in [0.1, 0.15) is 0 Å². The molecule has 20 heavy (non-hydrogen) atoms. The molecule has 0 bridgehead atoms. The lowest BCUT2D eigenvalue weighted by atomic mass is 10.2. The van der Waals surface area contributed by atoms with Crippen LogP contribution in [0.3, 0.4) is 0 Å². The number of hydrogen-bond donors (Lipinski definition) is 1. The Kier molecular flexibility index (Phi) is 4.44. The van der Waals surface area contributed by atoms with Crippen LogP contribution in [0, 0.1) is 0 Å². The van der Waals surface area contributed by atoms with Crippen molar-refractivity contribution in [3.63, 3.8) is 0 Å². The fraction of sp³-hybridized carbons (Fsp3) is 0.286. The van der Waals surface area contributed by atoms with Crippen LogP contribution in [-0.4, -0.2) is 23.4 Å². The van der Waals surface area contributed by atoms with E-state index < -0.39 is 0 Å². The molecule has 0 atom stereocenters. The minimum absolute atomic E-state index is 0.124. The van der Waals surface area contributed by atoms with Crippen molar-refractivity contribution in [1.29, 1.82) is 0 Å². The quantitative estimate of drug-likeness (QED) is 0.868. The van der Waals surface area contributed by atoms with Gasteiger partial charge in [0.25, 0.3) is 5.56 Å². The lowest BCUT2D eigenvalue weighted by Gasteiger charge is -2.16. The number of hydrogen-bond acceptors (Lipinski definition) is 4. The Hall–Kier alpha value is -1.82. The normalized spacial score (nSPS) is 10.6. The molecule has 0 fully saturated rings. The first-order chi connectivity index (χ1) is 9.49. The molecule has 2 N–H and O–H groups in total. The van der Waals surface area contributed by atoms with Crippen LogP contribution >= 0.6 is 15.9 Å². The molecule has 0 unspecified atom stereocenters.